The molecule has 1 unspecified atom stereocenters. The molecule has 0 spiro atoms. The van der Waals surface area contributed by atoms with Crippen LogP contribution in [0.5, 0.6) is 0 Å². The van der Waals surface area contributed by atoms with Crippen molar-refractivity contribution in [2.45, 2.75) is 46.1 Å². The van der Waals surface area contributed by atoms with Crippen LogP contribution in [0.1, 0.15) is 40.0 Å². The Hall–Kier alpha value is -0.300. The maximum atomic E-state index is 9.47. The van der Waals surface area contributed by atoms with Crippen LogP contribution in [-0.2, 0) is 0 Å². The average molecular weight is 156 g/mol. The Morgan fingerprint density at radius 1 is 1.45 bits per heavy atom. The molecular formula is C10H20O. The lowest BCUT2D eigenvalue weighted by Crippen LogP contribution is -2.17. The zero-order valence-corrected chi connectivity index (χ0v) is 7.93. The fourth-order valence-electron chi connectivity index (χ4n) is 1.12. The molecule has 0 fully saturated rings. The molecule has 1 nitrogen and oxygen atoms in total. The Kier molecular flexibility index (Phi) is 4.43. The van der Waals surface area contributed by atoms with Gasteiger partial charge in [-0.2, -0.15) is 0 Å². The van der Waals surface area contributed by atoms with E-state index in [4.69, 9.17) is 0 Å². The van der Waals surface area contributed by atoms with Crippen molar-refractivity contribution < 1.29 is 5.11 Å². The van der Waals surface area contributed by atoms with E-state index < -0.39 is 0 Å². The van der Waals surface area contributed by atoms with Crippen molar-refractivity contribution in [2.24, 2.45) is 5.41 Å². The molecule has 0 aromatic rings. The Bertz CT molecular complexity index is 111. The van der Waals surface area contributed by atoms with Gasteiger partial charge >= 0.3 is 0 Å². The quantitative estimate of drug-likeness (QED) is 0.620. The molecule has 1 heteroatoms. The van der Waals surface area contributed by atoms with Gasteiger partial charge in [0.2, 0.25) is 0 Å². The summed E-state index contributed by atoms with van der Waals surface area (Å²) in [4.78, 5) is 0. The molecule has 0 saturated carbocycles. The van der Waals surface area contributed by atoms with Crippen LogP contribution in [0, 0.1) is 5.41 Å². The first-order valence-electron chi connectivity index (χ1n) is 4.24. The van der Waals surface area contributed by atoms with E-state index in [1.54, 1.807) is 0 Å². The molecule has 66 valence electrons. The molecule has 1 atom stereocenters. The molecule has 11 heavy (non-hydrogen) atoms. The van der Waals surface area contributed by atoms with E-state index in [0.29, 0.717) is 0 Å². The van der Waals surface area contributed by atoms with Crippen LogP contribution >= 0.6 is 0 Å². The molecule has 0 rings (SSSR count). The minimum Gasteiger partial charge on any atom is -0.393 e. The SMILES string of the molecule is C=CCCC(O)CC(C)(C)C. The van der Waals surface area contributed by atoms with Gasteiger partial charge in [-0.25, -0.2) is 0 Å². The molecule has 0 bridgehead atoms. The van der Waals surface area contributed by atoms with Crippen LogP contribution in [0.2, 0.25) is 0 Å². The largest absolute Gasteiger partial charge is 0.393 e. The van der Waals surface area contributed by atoms with Gasteiger partial charge in [0.25, 0.3) is 0 Å². The number of aliphatic hydroxyl groups excluding tert-OH is 1. The Labute approximate surface area is 70.1 Å². The summed E-state index contributed by atoms with van der Waals surface area (Å²) in [7, 11) is 0. The van der Waals surface area contributed by atoms with Gasteiger partial charge in [0, 0.05) is 0 Å². The summed E-state index contributed by atoms with van der Waals surface area (Å²) in [6, 6.07) is 0. The van der Waals surface area contributed by atoms with Gasteiger partial charge in [-0.3, -0.25) is 0 Å². The monoisotopic (exact) mass is 156 g/mol. The van der Waals surface area contributed by atoms with Crippen LogP contribution in [0.3, 0.4) is 0 Å². The fraction of sp³-hybridized carbons (Fsp3) is 0.800. The normalized spacial score (nSPS) is 14.5. The van der Waals surface area contributed by atoms with Crippen LogP contribution < -0.4 is 0 Å². The first-order chi connectivity index (χ1) is 4.95. The summed E-state index contributed by atoms with van der Waals surface area (Å²) in [6.07, 6.45) is 4.33. The summed E-state index contributed by atoms with van der Waals surface area (Å²) in [5.74, 6) is 0. The highest BCUT2D eigenvalue weighted by molar-refractivity contribution is 4.73. The van der Waals surface area contributed by atoms with Crippen molar-refractivity contribution in [3.8, 4) is 0 Å². The summed E-state index contributed by atoms with van der Waals surface area (Å²) < 4.78 is 0. The third-order valence-corrected chi connectivity index (χ3v) is 1.55. The van der Waals surface area contributed by atoms with Crippen molar-refractivity contribution in [2.75, 3.05) is 0 Å². The van der Waals surface area contributed by atoms with Crippen molar-refractivity contribution in [3.05, 3.63) is 12.7 Å². The van der Waals surface area contributed by atoms with Gasteiger partial charge in [0.05, 0.1) is 6.10 Å². The zero-order valence-electron chi connectivity index (χ0n) is 7.93. The highest BCUT2D eigenvalue weighted by atomic mass is 16.3. The van der Waals surface area contributed by atoms with E-state index in [1.165, 1.54) is 0 Å². The molecule has 0 aliphatic rings. The molecule has 0 heterocycles. The van der Waals surface area contributed by atoms with Crippen LogP contribution in [0.15, 0.2) is 12.7 Å². The Morgan fingerprint density at radius 3 is 2.36 bits per heavy atom. The fourth-order valence-corrected chi connectivity index (χ4v) is 1.12. The Morgan fingerprint density at radius 2 is 2.00 bits per heavy atom. The van der Waals surface area contributed by atoms with Crippen molar-refractivity contribution >= 4 is 0 Å². The molecule has 0 radical (unpaired) electrons. The number of rotatable bonds is 4. The summed E-state index contributed by atoms with van der Waals surface area (Å²) in [6.45, 7) is 10.0. The minimum atomic E-state index is -0.159. The van der Waals surface area contributed by atoms with Crippen LogP contribution in [-0.4, -0.2) is 11.2 Å². The first-order valence-corrected chi connectivity index (χ1v) is 4.24. The van der Waals surface area contributed by atoms with Gasteiger partial charge in [-0.05, 0) is 24.7 Å². The lowest BCUT2D eigenvalue weighted by molar-refractivity contribution is 0.114. The van der Waals surface area contributed by atoms with E-state index in [-0.39, 0.29) is 11.5 Å². The zero-order chi connectivity index (χ0) is 8.91. The first kappa shape index (κ1) is 10.7. The summed E-state index contributed by atoms with van der Waals surface area (Å²) in [5, 5.41) is 9.47. The van der Waals surface area contributed by atoms with Crippen LogP contribution in [0.25, 0.3) is 0 Å². The van der Waals surface area contributed by atoms with Gasteiger partial charge in [0.1, 0.15) is 0 Å². The van der Waals surface area contributed by atoms with Crippen molar-refractivity contribution in [1.82, 2.24) is 0 Å². The average Bonchev–Trinajstić information content (AvgIpc) is 1.79. The number of aliphatic hydroxyl groups is 1. The highest BCUT2D eigenvalue weighted by Gasteiger charge is 2.15. The Balaban J connectivity index is 3.51. The molecule has 0 aliphatic carbocycles. The van der Waals surface area contributed by atoms with Gasteiger partial charge in [0.15, 0.2) is 0 Å². The topological polar surface area (TPSA) is 20.2 Å². The van der Waals surface area contributed by atoms with E-state index in [9.17, 15) is 5.11 Å². The second-order valence-electron chi connectivity index (χ2n) is 4.28. The molecule has 0 saturated heterocycles. The van der Waals surface area contributed by atoms with Crippen molar-refractivity contribution in [1.29, 1.82) is 0 Å². The summed E-state index contributed by atoms with van der Waals surface area (Å²) in [5.41, 5.74) is 0.237. The van der Waals surface area contributed by atoms with E-state index in [1.807, 2.05) is 6.08 Å². The predicted molar refractivity (Wildman–Crippen MR) is 49.5 cm³/mol. The molecular weight excluding hydrogens is 136 g/mol. The molecule has 1 N–H and O–H groups in total. The molecule has 0 aromatic heterocycles. The lowest BCUT2D eigenvalue weighted by Gasteiger charge is -2.21. The molecule has 0 aliphatic heterocycles. The minimum absolute atomic E-state index is 0.159. The third kappa shape index (κ3) is 7.60. The maximum Gasteiger partial charge on any atom is 0.0548 e. The molecule has 0 aromatic carbocycles. The van der Waals surface area contributed by atoms with E-state index in [0.717, 1.165) is 19.3 Å². The maximum absolute atomic E-state index is 9.47. The number of hydrogen-bond acceptors (Lipinski definition) is 1. The number of allylic oxidation sites excluding steroid dienone is 1. The number of hydrogen-bond donors (Lipinski definition) is 1. The van der Waals surface area contributed by atoms with Gasteiger partial charge < -0.3 is 5.11 Å². The molecule has 0 amide bonds. The second kappa shape index (κ2) is 4.55. The smallest absolute Gasteiger partial charge is 0.0548 e. The highest BCUT2D eigenvalue weighted by Crippen LogP contribution is 2.22. The van der Waals surface area contributed by atoms with Gasteiger partial charge in [-0.15, -0.1) is 6.58 Å². The van der Waals surface area contributed by atoms with E-state index >= 15 is 0 Å². The lowest BCUT2D eigenvalue weighted by atomic mass is 9.88. The van der Waals surface area contributed by atoms with Crippen molar-refractivity contribution in [3.63, 3.8) is 0 Å². The summed E-state index contributed by atoms with van der Waals surface area (Å²) >= 11 is 0. The third-order valence-electron chi connectivity index (χ3n) is 1.55. The second-order valence-corrected chi connectivity index (χ2v) is 4.28. The predicted octanol–water partition coefficient (Wildman–Crippen LogP) is 2.75. The van der Waals surface area contributed by atoms with E-state index in [2.05, 4.69) is 27.4 Å². The van der Waals surface area contributed by atoms with Gasteiger partial charge in [-0.1, -0.05) is 26.8 Å². The standard InChI is InChI=1S/C10H20O/c1-5-6-7-9(11)8-10(2,3)4/h5,9,11H,1,6-8H2,2-4H3. The van der Waals surface area contributed by atoms with Crippen LogP contribution in [0.4, 0.5) is 0 Å².